The first kappa shape index (κ1) is 27.7. The van der Waals surface area contributed by atoms with Gasteiger partial charge in [-0.15, -0.1) is 0 Å². The van der Waals surface area contributed by atoms with Gasteiger partial charge >= 0.3 is 11.9 Å². The van der Waals surface area contributed by atoms with Crippen molar-refractivity contribution in [3.05, 3.63) is 12.2 Å². The smallest absolute Gasteiger partial charge is 0.334 e. The van der Waals surface area contributed by atoms with E-state index in [9.17, 15) is 9.59 Å². The van der Waals surface area contributed by atoms with E-state index in [0.29, 0.717) is 11.8 Å². The lowest BCUT2D eigenvalue weighted by atomic mass is 9.83. The Kier molecular flexibility index (Phi) is 11.2. The zero-order valence-corrected chi connectivity index (χ0v) is 20.7. The molecule has 0 spiro atoms. The van der Waals surface area contributed by atoms with Crippen LogP contribution < -0.4 is 0 Å². The number of hydrogen-bond acceptors (Lipinski definition) is 4. The van der Waals surface area contributed by atoms with Gasteiger partial charge in [-0.05, 0) is 62.2 Å². The van der Waals surface area contributed by atoms with E-state index in [1.807, 2.05) is 13.8 Å². The number of ether oxygens (including phenoxy) is 2. The third-order valence-electron chi connectivity index (χ3n) is 4.68. The maximum absolute atomic E-state index is 12.2. The molecule has 4 unspecified atom stereocenters. The summed E-state index contributed by atoms with van der Waals surface area (Å²) in [5.41, 5.74) is 0.653. The third kappa shape index (κ3) is 15.2. The summed E-state index contributed by atoms with van der Waals surface area (Å²) in [4.78, 5) is 24.4. The molecule has 29 heavy (non-hydrogen) atoms. The first-order chi connectivity index (χ1) is 13.0. The lowest BCUT2D eigenvalue weighted by Crippen LogP contribution is -2.23. The van der Waals surface area contributed by atoms with E-state index in [1.165, 1.54) is 0 Å². The van der Waals surface area contributed by atoms with Crippen LogP contribution in [0.3, 0.4) is 0 Å². The lowest BCUT2D eigenvalue weighted by molar-refractivity contribution is -0.151. The Labute approximate surface area is 179 Å². The maximum atomic E-state index is 12.2. The highest BCUT2D eigenvalue weighted by Gasteiger charge is 2.23. The van der Waals surface area contributed by atoms with Crippen LogP contribution in [0.4, 0.5) is 0 Å². The molecule has 0 heterocycles. The summed E-state index contributed by atoms with van der Waals surface area (Å²) in [7, 11) is 0. The van der Waals surface area contributed by atoms with Gasteiger partial charge in [-0.3, -0.25) is 4.79 Å². The summed E-state index contributed by atoms with van der Waals surface area (Å²) in [5, 5.41) is 0. The highest BCUT2D eigenvalue weighted by atomic mass is 16.5. The van der Waals surface area contributed by atoms with Crippen LogP contribution in [0, 0.1) is 22.7 Å². The topological polar surface area (TPSA) is 52.6 Å². The van der Waals surface area contributed by atoms with Crippen LogP contribution in [0.15, 0.2) is 12.2 Å². The van der Waals surface area contributed by atoms with Crippen LogP contribution in [0.5, 0.6) is 0 Å². The van der Waals surface area contributed by atoms with Gasteiger partial charge in [0, 0.05) is 5.57 Å². The summed E-state index contributed by atoms with van der Waals surface area (Å²) in [5.74, 6) is -0.0174. The number of esters is 2. The highest BCUT2D eigenvalue weighted by Crippen LogP contribution is 2.28. The minimum Gasteiger partial charge on any atom is -0.462 e. The fraction of sp³-hybridized carbons (Fsp3) is 0.840. The molecule has 0 saturated heterocycles. The van der Waals surface area contributed by atoms with Gasteiger partial charge in [0.2, 0.25) is 0 Å². The maximum Gasteiger partial charge on any atom is 0.334 e. The molecule has 0 aromatic rings. The van der Waals surface area contributed by atoms with Gasteiger partial charge < -0.3 is 9.47 Å². The van der Waals surface area contributed by atoms with Gasteiger partial charge in [-0.2, -0.15) is 0 Å². The van der Waals surface area contributed by atoms with E-state index in [1.54, 1.807) is 0 Å². The van der Waals surface area contributed by atoms with E-state index < -0.39 is 11.9 Å². The molecule has 0 bridgehead atoms. The van der Waals surface area contributed by atoms with Crippen molar-refractivity contribution in [2.24, 2.45) is 22.7 Å². The summed E-state index contributed by atoms with van der Waals surface area (Å²) in [6, 6.07) is 0. The van der Waals surface area contributed by atoms with Crippen molar-refractivity contribution >= 4 is 11.9 Å². The first-order valence-electron chi connectivity index (χ1n) is 11.1. The monoisotopic (exact) mass is 410 g/mol. The zero-order valence-electron chi connectivity index (χ0n) is 20.7. The normalized spacial score (nSPS) is 16.5. The second-order valence-electron chi connectivity index (χ2n) is 11.5. The van der Waals surface area contributed by atoms with Crippen LogP contribution in [0.1, 0.15) is 101 Å². The lowest BCUT2D eigenvalue weighted by Gasteiger charge is -2.25. The number of rotatable bonds is 11. The highest BCUT2D eigenvalue weighted by molar-refractivity contribution is 5.93. The van der Waals surface area contributed by atoms with Gasteiger partial charge in [-0.25, -0.2) is 4.79 Å². The average molecular weight is 411 g/mol. The molecular formula is C25H46O4. The van der Waals surface area contributed by atoms with Crippen molar-refractivity contribution in [2.45, 2.75) is 114 Å². The summed E-state index contributed by atoms with van der Waals surface area (Å²) in [6.45, 7) is 25.1. The molecule has 0 aromatic carbocycles. The predicted molar refractivity (Wildman–Crippen MR) is 121 cm³/mol. The van der Waals surface area contributed by atoms with Crippen LogP contribution in [-0.2, 0) is 19.1 Å². The van der Waals surface area contributed by atoms with Crippen molar-refractivity contribution in [2.75, 3.05) is 0 Å². The van der Waals surface area contributed by atoms with E-state index in [0.717, 1.165) is 25.7 Å². The largest absolute Gasteiger partial charge is 0.462 e. The molecule has 170 valence electrons. The Morgan fingerprint density at radius 1 is 0.759 bits per heavy atom. The van der Waals surface area contributed by atoms with Crippen molar-refractivity contribution < 1.29 is 19.1 Å². The SMILES string of the molecule is C=C(CC(=O)OC(C)CC(C)CC(C)(C)C)C(=O)OC(C)CC(C)CC(C)(C)C. The first-order valence-corrected chi connectivity index (χ1v) is 11.1. The Bertz CT molecular complexity index is 536. The molecule has 0 aromatic heterocycles. The minimum atomic E-state index is -0.508. The standard InChI is InChI=1S/C25H46O4/c1-17(15-24(6,7)8)12-20(4)28-22(26)14-19(3)23(27)29-21(5)13-18(2)16-25(9,10)11/h17-18,20-21H,3,12-16H2,1-2,4-11H3. The third-order valence-corrected chi connectivity index (χ3v) is 4.68. The molecule has 0 saturated carbocycles. The second-order valence-corrected chi connectivity index (χ2v) is 11.5. The molecular weight excluding hydrogens is 364 g/mol. The van der Waals surface area contributed by atoms with Gasteiger partial charge in [0.1, 0.15) is 0 Å². The van der Waals surface area contributed by atoms with Crippen LogP contribution in [0.2, 0.25) is 0 Å². The zero-order chi connectivity index (χ0) is 23.0. The molecule has 0 radical (unpaired) electrons. The van der Waals surface area contributed by atoms with Gasteiger partial charge in [0.25, 0.3) is 0 Å². The summed E-state index contributed by atoms with van der Waals surface area (Å²) >= 11 is 0. The molecule has 4 atom stereocenters. The van der Waals surface area contributed by atoms with Crippen LogP contribution >= 0.6 is 0 Å². The van der Waals surface area contributed by atoms with Crippen molar-refractivity contribution in [3.8, 4) is 0 Å². The fourth-order valence-corrected chi connectivity index (χ4v) is 4.27. The van der Waals surface area contributed by atoms with Crippen molar-refractivity contribution in [1.29, 1.82) is 0 Å². The number of carbonyl (C=O) groups excluding carboxylic acids is 2. The van der Waals surface area contributed by atoms with Crippen molar-refractivity contribution in [3.63, 3.8) is 0 Å². The van der Waals surface area contributed by atoms with E-state index in [4.69, 9.17) is 9.47 Å². The number of carbonyl (C=O) groups is 2. The Morgan fingerprint density at radius 3 is 1.52 bits per heavy atom. The Hall–Kier alpha value is -1.32. The molecule has 0 aliphatic rings. The quantitative estimate of drug-likeness (QED) is 0.280. The van der Waals surface area contributed by atoms with E-state index in [-0.39, 0.29) is 35.0 Å². The van der Waals surface area contributed by atoms with Gasteiger partial charge in [0.15, 0.2) is 0 Å². The molecule has 0 fully saturated rings. The Balaban J connectivity index is 4.36. The van der Waals surface area contributed by atoms with Crippen LogP contribution in [-0.4, -0.2) is 24.1 Å². The van der Waals surface area contributed by atoms with E-state index in [2.05, 4.69) is 62.0 Å². The fourth-order valence-electron chi connectivity index (χ4n) is 4.27. The average Bonchev–Trinajstić information content (AvgIpc) is 2.41. The molecule has 0 rings (SSSR count). The van der Waals surface area contributed by atoms with Crippen molar-refractivity contribution in [1.82, 2.24) is 0 Å². The molecule has 0 amide bonds. The minimum absolute atomic E-state index is 0.124. The van der Waals surface area contributed by atoms with E-state index >= 15 is 0 Å². The summed E-state index contributed by atoms with van der Waals surface area (Å²) in [6.07, 6.45) is 3.23. The molecule has 0 aliphatic heterocycles. The number of hydrogen-bond donors (Lipinski definition) is 0. The Morgan fingerprint density at radius 2 is 1.14 bits per heavy atom. The predicted octanol–water partition coefficient (Wildman–Crippen LogP) is 6.72. The second kappa shape index (κ2) is 11.8. The molecule has 0 aliphatic carbocycles. The summed E-state index contributed by atoms with van der Waals surface area (Å²) < 4.78 is 10.9. The molecule has 4 heteroatoms. The van der Waals surface area contributed by atoms with Gasteiger partial charge in [-0.1, -0.05) is 62.0 Å². The van der Waals surface area contributed by atoms with Gasteiger partial charge in [0.05, 0.1) is 18.6 Å². The van der Waals surface area contributed by atoms with Crippen LogP contribution in [0.25, 0.3) is 0 Å². The molecule has 4 nitrogen and oxygen atoms in total. The molecule has 0 N–H and O–H groups in total.